The summed E-state index contributed by atoms with van der Waals surface area (Å²) in [5, 5.41) is 12.3. The molecule has 2 unspecified atom stereocenters. The van der Waals surface area contributed by atoms with Crippen LogP contribution in [0.15, 0.2) is 0 Å². The van der Waals surface area contributed by atoms with Gasteiger partial charge in [-0.1, -0.05) is 13.8 Å². The number of fused-ring (bicyclic) bond motifs is 1. The second-order valence-corrected chi connectivity index (χ2v) is 10.5. The maximum absolute atomic E-state index is 13.7. The van der Waals surface area contributed by atoms with Gasteiger partial charge in [-0.2, -0.15) is 0 Å². The fourth-order valence-corrected chi connectivity index (χ4v) is 5.19. The minimum atomic E-state index is -2.78. The van der Waals surface area contributed by atoms with Crippen LogP contribution < -0.4 is 5.32 Å². The lowest BCUT2D eigenvalue weighted by Crippen LogP contribution is -2.57. The summed E-state index contributed by atoms with van der Waals surface area (Å²) in [5.41, 5.74) is -0.943. The molecule has 4 atom stereocenters. The topological polar surface area (TPSA) is 95.9 Å². The van der Waals surface area contributed by atoms with Crippen LogP contribution >= 0.6 is 0 Å². The van der Waals surface area contributed by atoms with Gasteiger partial charge in [0.05, 0.1) is 0 Å². The van der Waals surface area contributed by atoms with Crippen molar-refractivity contribution < 1.29 is 33.0 Å². The predicted molar refractivity (Wildman–Crippen MR) is 104 cm³/mol. The molecule has 1 heterocycles. The maximum Gasteiger partial charge on any atom is 0.408 e. The molecule has 1 aliphatic heterocycles. The maximum atomic E-state index is 13.7. The third-order valence-corrected chi connectivity index (χ3v) is 6.92. The highest BCUT2D eigenvalue weighted by Gasteiger charge is 2.70. The van der Waals surface area contributed by atoms with E-state index in [0.29, 0.717) is 6.54 Å². The largest absolute Gasteiger partial charge is 0.480 e. The van der Waals surface area contributed by atoms with E-state index in [1.54, 1.807) is 20.8 Å². The number of carbonyl (C=O) groups is 3. The van der Waals surface area contributed by atoms with Crippen LogP contribution in [0.4, 0.5) is 13.6 Å². The molecular formula is C21H32F2N2O5. The number of amides is 2. The van der Waals surface area contributed by atoms with Crippen molar-refractivity contribution in [3.05, 3.63) is 0 Å². The number of alkyl halides is 2. The number of alkyl carbamates (subject to hydrolysis) is 1. The molecule has 0 aromatic rings. The molecule has 0 spiro atoms. The van der Waals surface area contributed by atoms with Gasteiger partial charge in [0.15, 0.2) is 0 Å². The van der Waals surface area contributed by atoms with Crippen LogP contribution in [0.2, 0.25) is 0 Å². The van der Waals surface area contributed by atoms with Gasteiger partial charge in [-0.25, -0.2) is 18.4 Å². The first-order valence-corrected chi connectivity index (χ1v) is 10.5. The lowest BCUT2D eigenvalue weighted by atomic mass is 9.81. The van der Waals surface area contributed by atoms with Crippen LogP contribution in [0.25, 0.3) is 0 Å². The molecule has 2 aliphatic carbocycles. The SMILES string of the molecule is CC(C)(C)OC(=O)NC(C(=O)N1CC2[C@@H]([C@H]1C(=O)O)C2(C)C)C1CCC(F)(F)CC1. The Bertz CT molecular complexity index is 723. The van der Waals surface area contributed by atoms with Crippen LogP contribution in [-0.2, 0) is 14.3 Å². The van der Waals surface area contributed by atoms with E-state index < -0.39 is 47.5 Å². The summed E-state index contributed by atoms with van der Waals surface area (Å²) in [7, 11) is 0. The number of piperidine rings is 1. The third kappa shape index (κ3) is 4.39. The first-order valence-electron chi connectivity index (χ1n) is 10.5. The van der Waals surface area contributed by atoms with Crippen molar-refractivity contribution in [3.8, 4) is 0 Å². The van der Waals surface area contributed by atoms with Gasteiger partial charge in [-0.3, -0.25) is 4.79 Å². The number of ether oxygens (including phenoxy) is 1. The third-order valence-electron chi connectivity index (χ3n) is 6.92. The van der Waals surface area contributed by atoms with Crippen molar-refractivity contribution >= 4 is 18.0 Å². The number of carboxylic acid groups (broad SMARTS) is 1. The zero-order valence-corrected chi connectivity index (χ0v) is 18.2. The molecule has 0 bridgehead atoms. The Balaban J connectivity index is 1.80. The highest BCUT2D eigenvalue weighted by Crippen LogP contribution is 2.65. The first kappa shape index (κ1) is 22.7. The zero-order valence-electron chi connectivity index (χ0n) is 18.2. The van der Waals surface area contributed by atoms with Crippen molar-refractivity contribution in [2.45, 2.75) is 83.9 Å². The molecule has 3 rings (SSSR count). The number of aliphatic carboxylic acids is 1. The number of hydrogen-bond acceptors (Lipinski definition) is 4. The molecule has 2 amide bonds. The molecule has 1 saturated heterocycles. The standard InChI is InChI=1S/C21H32F2N2O5/c1-19(2,3)30-18(29)24-14(11-6-8-21(22,23)9-7-11)16(26)25-10-12-13(20(12,4)5)15(25)17(27)28/h11-15H,6-10H2,1-5H3,(H,24,29)(H,27,28)/t12?,13-,14?,15-/m0/s1. The van der Waals surface area contributed by atoms with E-state index >= 15 is 0 Å². The van der Waals surface area contributed by atoms with Crippen LogP contribution in [0, 0.1) is 23.2 Å². The van der Waals surface area contributed by atoms with Crippen molar-refractivity contribution in [1.29, 1.82) is 0 Å². The molecule has 170 valence electrons. The molecule has 3 fully saturated rings. The second-order valence-electron chi connectivity index (χ2n) is 10.5. The van der Waals surface area contributed by atoms with E-state index in [9.17, 15) is 28.3 Å². The molecule has 9 heteroatoms. The summed E-state index contributed by atoms with van der Waals surface area (Å²) < 4.78 is 32.6. The molecule has 2 N–H and O–H groups in total. The molecule has 0 radical (unpaired) electrons. The minimum absolute atomic E-state index is 0.0726. The van der Waals surface area contributed by atoms with Gasteiger partial charge < -0.3 is 20.1 Å². The highest BCUT2D eigenvalue weighted by molar-refractivity contribution is 5.91. The smallest absolute Gasteiger partial charge is 0.408 e. The van der Waals surface area contributed by atoms with Crippen LogP contribution in [0.5, 0.6) is 0 Å². The van der Waals surface area contributed by atoms with E-state index in [2.05, 4.69) is 5.32 Å². The average Bonchev–Trinajstić information content (AvgIpc) is 2.93. The minimum Gasteiger partial charge on any atom is -0.480 e. The molecule has 0 aromatic heterocycles. The Kier molecular flexibility index (Phi) is 5.56. The number of likely N-dealkylation sites (tertiary alicyclic amines) is 1. The summed E-state index contributed by atoms with van der Waals surface area (Å²) in [6.45, 7) is 9.31. The van der Waals surface area contributed by atoms with E-state index in [1.165, 1.54) is 4.90 Å². The highest BCUT2D eigenvalue weighted by atomic mass is 19.3. The van der Waals surface area contributed by atoms with E-state index in [4.69, 9.17) is 4.74 Å². The Morgan fingerprint density at radius 3 is 2.23 bits per heavy atom. The van der Waals surface area contributed by atoms with Crippen LogP contribution in [0.1, 0.15) is 60.3 Å². The fourth-order valence-electron chi connectivity index (χ4n) is 5.19. The van der Waals surface area contributed by atoms with Gasteiger partial charge in [0.25, 0.3) is 0 Å². The normalized spacial score (nSPS) is 30.9. The fraction of sp³-hybridized carbons (Fsp3) is 0.857. The van der Waals surface area contributed by atoms with E-state index in [0.717, 1.165) is 0 Å². The van der Waals surface area contributed by atoms with Gasteiger partial charge in [0, 0.05) is 25.3 Å². The Morgan fingerprint density at radius 2 is 1.73 bits per heavy atom. The number of halogens is 2. The summed E-state index contributed by atoms with van der Waals surface area (Å²) in [5.74, 6) is -4.93. The number of carbonyl (C=O) groups excluding carboxylic acids is 2. The monoisotopic (exact) mass is 430 g/mol. The Morgan fingerprint density at radius 1 is 1.17 bits per heavy atom. The zero-order chi connectivity index (χ0) is 22.6. The van der Waals surface area contributed by atoms with E-state index in [-0.39, 0.29) is 42.9 Å². The number of rotatable bonds is 4. The average molecular weight is 430 g/mol. The van der Waals surface area contributed by atoms with Gasteiger partial charge in [-0.15, -0.1) is 0 Å². The quantitative estimate of drug-likeness (QED) is 0.714. The summed E-state index contributed by atoms with van der Waals surface area (Å²) >= 11 is 0. The molecule has 3 aliphatic rings. The van der Waals surface area contributed by atoms with Crippen LogP contribution in [0.3, 0.4) is 0 Å². The second kappa shape index (κ2) is 7.34. The summed E-state index contributed by atoms with van der Waals surface area (Å²) in [6.07, 6.45) is -1.39. The number of hydrogen-bond donors (Lipinski definition) is 2. The lowest BCUT2D eigenvalue weighted by Gasteiger charge is -2.37. The van der Waals surface area contributed by atoms with Gasteiger partial charge >= 0.3 is 12.1 Å². The summed E-state index contributed by atoms with van der Waals surface area (Å²) in [4.78, 5) is 39.0. The summed E-state index contributed by atoms with van der Waals surface area (Å²) in [6, 6.07) is -2.05. The first-order chi connectivity index (χ1) is 13.6. The number of nitrogens with one attached hydrogen (secondary N) is 1. The van der Waals surface area contributed by atoms with Gasteiger partial charge in [0.2, 0.25) is 11.8 Å². The van der Waals surface area contributed by atoms with Crippen molar-refractivity contribution in [3.63, 3.8) is 0 Å². The molecule has 0 aromatic carbocycles. The molecule has 7 nitrogen and oxygen atoms in total. The lowest BCUT2D eigenvalue weighted by molar-refractivity contribution is -0.152. The number of nitrogens with zero attached hydrogens (tertiary/aromatic N) is 1. The van der Waals surface area contributed by atoms with Crippen molar-refractivity contribution in [2.75, 3.05) is 6.54 Å². The van der Waals surface area contributed by atoms with Gasteiger partial charge in [0.1, 0.15) is 17.7 Å². The van der Waals surface area contributed by atoms with Crippen molar-refractivity contribution in [1.82, 2.24) is 10.2 Å². The Labute approximate surface area is 175 Å². The Hall–Kier alpha value is -1.93. The predicted octanol–water partition coefficient (Wildman–Crippen LogP) is 3.27. The molecule has 2 saturated carbocycles. The van der Waals surface area contributed by atoms with Crippen molar-refractivity contribution in [2.24, 2.45) is 23.2 Å². The van der Waals surface area contributed by atoms with Gasteiger partial charge in [-0.05, 0) is 50.9 Å². The van der Waals surface area contributed by atoms with Crippen LogP contribution in [-0.4, -0.2) is 58.1 Å². The molecular weight excluding hydrogens is 398 g/mol. The molecule has 30 heavy (non-hydrogen) atoms. The van der Waals surface area contributed by atoms with E-state index in [1.807, 2.05) is 13.8 Å². The number of carboxylic acids is 1.